The van der Waals surface area contributed by atoms with Crippen LogP contribution in [0.3, 0.4) is 0 Å². The average molecular weight is 567 g/mol. The van der Waals surface area contributed by atoms with Gasteiger partial charge in [-0.1, -0.05) is 35.9 Å². The fourth-order valence-corrected chi connectivity index (χ4v) is 3.80. The van der Waals surface area contributed by atoms with E-state index in [2.05, 4.69) is 20.3 Å². The number of hydrogen-bond donors (Lipinski definition) is 3. The third-order valence-corrected chi connectivity index (χ3v) is 5.82. The quantitative estimate of drug-likeness (QED) is 0.178. The topological polar surface area (TPSA) is 91.8 Å². The van der Waals surface area contributed by atoms with Crippen LogP contribution in [0, 0.1) is 0 Å². The maximum atomic E-state index is 12.2. The van der Waals surface area contributed by atoms with Crippen LogP contribution in [0.5, 0.6) is 0 Å². The van der Waals surface area contributed by atoms with Gasteiger partial charge in [-0.05, 0) is 41.8 Å². The van der Waals surface area contributed by atoms with Crippen LogP contribution in [0.15, 0.2) is 58.4 Å². The molecule has 2 aromatic carbocycles. The van der Waals surface area contributed by atoms with Crippen molar-refractivity contribution < 1.29 is 13.2 Å². The summed E-state index contributed by atoms with van der Waals surface area (Å²) in [6, 6.07) is 14.5. The highest BCUT2D eigenvalue weighted by molar-refractivity contribution is 14.0. The highest BCUT2D eigenvalue weighted by atomic mass is 127. The van der Waals surface area contributed by atoms with Crippen LogP contribution in [0.1, 0.15) is 11.1 Å². The molecular formula is C20H28ClIN4O3S. The molecule has 0 aromatic heterocycles. The van der Waals surface area contributed by atoms with Crippen molar-refractivity contribution in [1.82, 2.24) is 15.4 Å². The van der Waals surface area contributed by atoms with Gasteiger partial charge in [0.2, 0.25) is 10.0 Å². The number of nitrogens with one attached hydrogen (secondary N) is 3. The molecule has 0 spiro atoms. The Hall–Kier alpha value is -1.40. The highest BCUT2D eigenvalue weighted by Gasteiger charge is 2.12. The second kappa shape index (κ2) is 13.8. The molecule has 0 saturated heterocycles. The molecule has 7 nitrogen and oxygen atoms in total. The number of rotatable bonds is 10. The SMILES string of the molecule is CN=C(NCCc1cccc(Cl)c1)NCc1ccc(S(=O)(=O)NCCOC)cc1.I. The Kier molecular flexibility index (Phi) is 12.3. The first kappa shape index (κ1) is 26.6. The molecule has 3 N–H and O–H groups in total. The van der Waals surface area contributed by atoms with Crippen LogP contribution >= 0.6 is 35.6 Å². The molecule has 0 radical (unpaired) electrons. The van der Waals surface area contributed by atoms with E-state index in [0.29, 0.717) is 25.7 Å². The van der Waals surface area contributed by atoms with Crippen LogP contribution in [-0.4, -0.2) is 48.2 Å². The Labute approximate surface area is 200 Å². The van der Waals surface area contributed by atoms with Crippen molar-refractivity contribution in [3.63, 3.8) is 0 Å². The van der Waals surface area contributed by atoms with Gasteiger partial charge < -0.3 is 15.4 Å². The molecule has 0 fully saturated rings. The Morgan fingerprint density at radius 1 is 1.07 bits per heavy atom. The standard InChI is InChI=1S/C20H27ClN4O3S.HI/c1-22-20(23-11-10-16-4-3-5-18(21)14-16)24-15-17-6-8-19(9-7-17)29(26,27)25-12-13-28-2;/h3-9,14,25H,10-13,15H2,1-2H3,(H2,22,23,24);1H. The minimum Gasteiger partial charge on any atom is -0.383 e. The smallest absolute Gasteiger partial charge is 0.240 e. The number of aliphatic imine (C=N–C) groups is 1. The van der Waals surface area contributed by atoms with E-state index in [0.717, 1.165) is 22.6 Å². The van der Waals surface area contributed by atoms with E-state index in [1.807, 2.05) is 24.3 Å². The van der Waals surface area contributed by atoms with Crippen LogP contribution in [-0.2, 0) is 27.7 Å². The molecule has 0 heterocycles. The van der Waals surface area contributed by atoms with E-state index < -0.39 is 10.0 Å². The first-order valence-electron chi connectivity index (χ1n) is 9.21. The summed E-state index contributed by atoms with van der Waals surface area (Å²) in [5.41, 5.74) is 2.09. The normalized spacial score (nSPS) is 11.6. The Balaban J connectivity index is 0.00000450. The van der Waals surface area contributed by atoms with Gasteiger partial charge in [-0.15, -0.1) is 24.0 Å². The summed E-state index contributed by atoms with van der Waals surface area (Å²) in [6.45, 7) is 1.79. The lowest BCUT2D eigenvalue weighted by Crippen LogP contribution is -2.37. The fourth-order valence-electron chi connectivity index (χ4n) is 2.57. The highest BCUT2D eigenvalue weighted by Crippen LogP contribution is 2.11. The maximum absolute atomic E-state index is 12.2. The van der Waals surface area contributed by atoms with Gasteiger partial charge in [0.25, 0.3) is 0 Å². The van der Waals surface area contributed by atoms with Gasteiger partial charge in [-0.2, -0.15) is 0 Å². The minimum absolute atomic E-state index is 0. The van der Waals surface area contributed by atoms with Crippen LogP contribution in [0.2, 0.25) is 5.02 Å². The van der Waals surface area contributed by atoms with Gasteiger partial charge in [-0.25, -0.2) is 13.1 Å². The molecule has 0 aliphatic heterocycles. The number of benzene rings is 2. The molecule has 0 bridgehead atoms. The van der Waals surface area contributed by atoms with Gasteiger partial charge in [-0.3, -0.25) is 4.99 Å². The van der Waals surface area contributed by atoms with Crippen molar-refractivity contribution >= 4 is 51.6 Å². The predicted octanol–water partition coefficient (Wildman–Crippen LogP) is 2.79. The number of methoxy groups -OCH3 is 1. The fraction of sp³-hybridized carbons (Fsp3) is 0.350. The number of ether oxygens (including phenoxy) is 1. The summed E-state index contributed by atoms with van der Waals surface area (Å²) in [6.07, 6.45) is 0.823. The molecule has 166 valence electrons. The predicted molar refractivity (Wildman–Crippen MR) is 132 cm³/mol. The first-order chi connectivity index (χ1) is 13.9. The molecule has 2 rings (SSSR count). The number of halogens is 2. The van der Waals surface area contributed by atoms with E-state index in [1.54, 1.807) is 31.3 Å². The molecule has 10 heteroatoms. The van der Waals surface area contributed by atoms with Gasteiger partial charge in [0.1, 0.15) is 0 Å². The Morgan fingerprint density at radius 3 is 2.43 bits per heavy atom. The third kappa shape index (κ3) is 9.17. The molecule has 0 aliphatic rings. The maximum Gasteiger partial charge on any atom is 0.240 e. The van der Waals surface area contributed by atoms with E-state index >= 15 is 0 Å². The van der Waals surface area contributed by atoms with Gasteiger partial charge >= 0.3 is 0 Å². The average Bonchev–Trinajstić information content (AvgIpc) is 2.71. The molecule has 0 saturated carbocycles. The molecule has 0 amide bonds. The number of hydrogen-bond acceptors (Lipinski definition) is 4. The zero-order valence-electron chi connectivity index (χ0n) is 17.0. The molecule has 0 unspecified atom stereocenters. The second-order valence-electron chi connectivity index (χ2n) is 6.27. The summed E-state index contributed by atoms with van der Waals surface area (Å²) >= 11 is 6.00. The summed E-state index contributed by atoms with van der Waals surface area (Å²) in [4.78, 5) is 4.42. The van der Waals surface area contributed by atoms with Crippen LogP contribution in [0.25, 0.3) is 0 Å². The molecule has 2 aromatic rings. The molecular weight excluding hydrogens is 539 g/mol. The lowest BCUT2D eigenvalue weighted by atomic mass is 10.1. The molecule has 30 heavy (non-hydrogen) atoms. The number of guanidine groups is 1. The number of sulfonamides is 1. The summed E-state index contributed by atoms with van der Waals surface area (Å²) in [5, 5.41) is 7.19. The van der Waals surface area contributed by atoms with Crippen molar-refractivity contribution in [3.05, 3.63) is 64.7 Å². The lowest BCUT2D eigenvalue weighted by Gasteiger charge is -2.12. The van der Waals surface area contributed by atoms with E-state index in [9.17, 15) is 8.42 Å². The van der Waals surface area contributed by atoms with Gasteiger partial charge in [0.15, 0.2) is 5.96 Å². The zero-order valence-corrected chi connectivity index (χ0v) is 20.9. The molecule has 0 atom stereocenters. The second-order valence-corrected chi connectivity index (χ2v) is 8.47. The third-order valence-electron chi connectivity index (χ3n) is 4.11. The van der Waals surface area contributed by atoms with Crippen molar-refractivity contribution in [2.75, 3.05) is 33.9 Å². The Morgan fingerprint density at radius 2 is 1.80 bits per heavy atom. The lowest BCUT2D eigenvalue weighted by molar-refractivity contribution is 0.204. The van der Waals surface area contributed by atoms with Gasteiger partial charge in [0, 0.05) is 38.8 Å². The van der Waals surface area contributed by atoms with Crippen molar-refractivity contribution in [2.24, 2.45) is 4.99 Å². The largest absolute Gasteiger partial charge is 0.383 e. The first-order valence-corrected chi connectivity index (χ1v) is 11.1. The van der Waals surface area contributed by atoms with E-state index in [-0.39, 0.29) is 35.4 Å². The van der Waals surface area contributed by atoms with Crippen LogP contribution in [0.4, 0.5) is 0 Å². The van der Waals surface area contributed by atoms with Crippen molar-refractivity contribution in [2.45, 2.75) is 17.9 Å². The zero-order chi connectivity index (χ0) is 21.1. The van der Waals surface area contributed by atoms with Crippen LogP contribution < -0.4 is 15.4 Å². The molecule has 0 aliphatic carbocycles. The summed E-state index contributed by atoms with van der Waals surface area (Å²) < 4.78 is 31.7. The summed E-state index contributed by atoms with van der Waals surface area (Å²) in [7, 11) is -0.294. The van der Waals surface area contributed by atoms with Gasteiger partial charge in [0.05, 0.1) is 11.5 Å². The van der Waals surface area contributed by atoms with Crippen molar-refractivity contribution in [1.29, 1.82) is 0 Å². The Bertz CT molecular complexity index is 909. The van der Waals surface area contributed by atoms with Crippen molar-refractivity contribution in [3.8, 4) is 0 Å². The monoisotopic (exact) mass is 566 g/mol. The van der Waals surface area contributed by atoms with E-state index in [4.69, 9.17) is 16.3 Å². The summed E-state index contributed by atoms with van der Waals surface area (Å²) in [5.74, 6) is 0.671. The minimum atomic E-state index is -3.52. The number of nitrogens with zero attached hydrogens (tertiary/aromatic N) is 1. The van der Waals surface area contributed by atoms with E-state index in [1.165, 1.54) is 7.11 Å².